The van der Waals surface area contributed by atoms with Crippen LogP contribution in [0.1, 0.15) is 25.3 Å². The van der Waals surface area contributed by atoms with E-state index in [1.165, 1.54) is 5.56 Å². The van der Waals surface area contributed by atoms with Gasteiger partial charge in [0, 0.05) is 21.1 Å². The molecule has 2 aromatic carbocycles. The molecule has 0 aliphatic rings. The molecular weight excluding hydrogens is 406 g/mol. The van der Waals surface area contributed by atoms with Crippen LogP contribution in [0.5, 0.6) is 0 Å². The Kier molecular flexibility index (Phi) is 4.74. The van der Waals surface area contributed by atoms with Crippen LogP contribution < -0.4 is 5.32 Å². The molecule has 0 aliphatic carbocycles. The number of rotatable bonds is 4. The summed E-state index contributed by atoms with van der Waals surface area (Å²) in [5.41, 5.74) is 4.69. The van der Waals surface area contributed by atoms with Crippen molar-refractivity contribution in [3.8, 4) is 11.1 Å². The number of aromatic nitrogens is 2. The van der Waals surface area contributed by atoms with Crippen LogP contribution in [0.15, 0.2) is 64.7 Å². The van der Waals surface area contributed by atoms with Gasteiger partial charge in [-0.2, -0.15) is 0 Å². The van der Waals surface area contributed by atoms with Crippen molar-refractivity contribution in [1.29, 1.82) is 0 Å². The van der Waals surface area contributed by atoms with Gasteiger partial charge in [-0.05, 0) is 35.2 Å². The van der Waals surface area contributed by atoms with Crippen LogP contribution in [-0.2, 0) is 0 Å². The molecule has 4 aromatic rings. The monoisotopic (exact) mass is 423 g/mol. The van der Waals surface area contributed by atoms with E-state index in [0.717, 1.165) is 37.3 Å². The Balaban J connectivity index is 1.84. The Morgan fingerprint density at radius 2 is 1.77 bits per heavy atom. The zero-order chi connectivity index (χ0) is 18.1. The van der Waals surface area contributed by atoms with Crippen LogP contribution in [0, 0.1) is 0 Å². The normalized spacial score (nSPS) is 11.2. The Bertz CT molecular complexity index is 1050. The molecule has 0 amide bonds. The third-order valence-electron chi connectivity index (χ3n) is 4.36. The second-order valence-corrected chi connectivity index (χ2v) is 8.20. The van der Waals surface area contributed by atoms with Crippen LogP contribution in [0.25, 0.3) is 21.3 Å². The maximum atomic E-state index is 4.55. The van der Waals surface area contributed by atoms with E-state index >= 15 is 0 Å². The van der Waals surface area contributed by atoms with Crippen molar-refractivity contribution < 1.29 is 0 Å². The quantitative estimate of drug-likeness (QED) is 0.384. The summed E-state index contributed by atoms with van der Waals surface area (Å²) in [4.78, 5) is 10.0. The van der Waals surface area contributed by atoms with Crippen LogP contribution in [0.2, 0.25) is 0 Å². The molecule has 130 valence electrons. The topological polar surface area (TPSA) is 37.8 Å². The summed E-state index contributed by atoms with van der Waals surface area (Å²) in [6, 6.07) is 16.7. The summed E-state index contributed by atoms with van der Waals surface area (Å²) in [5, 5.41) is 6.77. The summed E-state index contributed by atoms with van der Waals surface area (Å²) < 4.78 is 1.07. The Labute approximate surface area is 165 Å². The molecule has 4 rings (SSSR count). The van der Waals surface area contributed by atoms with Gasteiger partial charge in [0.2, 0.25) is 0 Å². The fraction of sp³-hybridized carbons (Fsp3) is 0.143. The van der Waals surface area contributed by atoms with Gasteiger partial charge < -0.3 is 5.32 Å². The molecule has 1 N–H and O–H groups in total. The molecule has 0 saturated heterocycles. The van der Waals surface area contributed by atoms with Crippen LogP contribution >= 0.6 is 27.3 Å². The van der Waals surface area contributed by atoms with E-state index in [9.17, 15) is 0 Å². The molecule has 0 bridgehead atoms. The van der Waals surface area contributed by atoms with Crippen LogP contribution in [0.3, 0.4) is 0 Å². The Morgan fingerprint density at radius 3 is 2.54 bits per heavy atom. The number of benzene rings is 2. The Morgan fingerprint density at radius 1 is 1.00 bits per heavy atom. The lowest BCUT2D eigenvalue weighted by atomic mass is 10.0. The molecule has 0 saturated carbocycles. The zero-order valence-electron chi connectivity index (χ0n) is 14.5. The standard InChI is InChI=1S/C21H18BrN3S/c1-13(2)16-5-3-4-6-18(16)25-20-19-17(11-26-21(19)24-12-23-20)14-7-9-15(22)10-8-14/h3-13H,1-2H3,(H,23,24,25). The lowest BCUT2D eigenvalue weighted by molar-refractivity contribution is 0.869. The molecule has 26 heavy (non-hydrogen) atoms. The fourth-order valence-electron chi connectivity index (χ4n) is 3.05. The SMILES string of the molecule is CC(C)c1ccccc1Nc1ncnc2scc(-c3ccc(Br)cc3)c12. The van der Waals surface area contributed by atoms with Gasteiger partial charge in [-0.1, -0.05) is 60.1 Å². The molecule has 0 unspecified atom stereocenters. The number of thiophene rings is 1. The first-order chi connectivity index (χ1) is 12.6. The van der Waals surface area contributed by atoms with Crippen molar-refractivity contribution in [2.45, 2.75) is 19.8 Å². The van der Waals surface area contributed by atoms with E-state index in [-0.39, 0.29) is 0 Å². The van der Waals surface area contributed by atoms with E-state index in [0.29, 0.717) is 5.92 Å². The number of nitrogens with one attached hydrogen (secondary N) is 1. The summed E-state index contributed by atoms with van der Waals surface area (Å²) in [5.74, 6) is 1.28. The van der Waals surface area contributed by atoms with Crippen molar-refractivity contribution in [1.82, 2.24) is 9.97 Å². The highest BCUT2D eigenvalue weighted by atomic mass is 79.9. The van der Waals surface area contributed by atoms with Crippen molar-refractivity contribution >= 4 is 49.0 Å². The highest BCUT2D eigenvalue weighted by Gasteiger charge is 2.15. The molecule has 0 radical (unpaired) electrons. The summed E-state index contributed by atoms with van der Waals surface area (Å²) in [7, 11) is 0. The maximum Gasteiger partial charge on any atom is 0.143 e. The number of hydrogen-bond acceptors (Lipinski definition) is 4. The maximum absolute atomic E-state index is 4.55. The highest BCUT2D eigenvalue weighted by Crippen LogP contribution is 2.38. The highest BCUT2D eigenvalue weighted by molar-refractivity contribution is 9.10. The average Bonchev–Trinajstić information content (AvgIpc) is 3.08. The fourth-order valence-corrected chi connectivity index (χ4v) is 4.23. The minimum absolute atomic E-state index is 0.435. The van der Waals surface area contributed by atoms with Gasteiger partial charge in [-0.25, -0.2) is 9.97 Å². The van der Waals surface area contributed by atoms with Crippen molar-refractivity contribution in [3.05, 3.63) is 70.3 Å². The minimum Gasteiger partial charge on any atom is -0.339 e. The molecular formula is C21H18BrN3S. The first-order valence-corrected chi connectivity index (χ1v) is 10.1. The molecule has 2 heterocycles. The molecule has 0 fully saturated rings. The zero-order valence-corrected chi connectivity index (χ0v) is 16.9. The van der Waals surface area contributed by atoms with E-state index in [2.05, 4.69) is 99.0 Å². The third kappa shape index (κ3) is 3.24. The number of hydrogen-bond donors (Lipinski definition) is 1. The first-order valence-electron chi connectivity index (χ1n) is 8.47. The lowest BCUT2D eigenvalue weighted by Gasteiger charge is -2.15. The number of anilines is 2. The molecule has 0 spiro atoms. The van der Waals surface area contributed by atoms with E-state index in [1.54, 1.807) is 17.7 Å². The summed E-state index contributed by atoms with van der Waals surface area (Å²) in [6.07, 6.45) is 1.63. The van der Waals surface area contributed by atoms with Gasteiger partial charge in [-0.3, -0.25) is 0 Å². The number of para-hydroxylation sites is 1. The van der Waals surface area contributed by atoms with E-state index in [1.807, 2.05) is 0 Å². The summed E-state index contributed by atoms with van der Waals surface area (Å²) in [6.45, 7) is 4.40. The predicted octanol–water partition coefficient (Wildman–Crippen LogP) is 6.99. The number of nitrogens with zero attached hydrogens (tertiary/aromatic N) is 2. The molecule has 0 aliphatic heterocycles. The van der Waals surface area contributed by atoms with E-state index in [4.69, 9.17) is 0 Å². The van der Waals surface area contributed by atoms with Crippen molar-refractivity contribution in [2.24, 2.45) is 0 Å². The van der Waals surface area contributed by atoms with Crippen molar-refractivity contribution in [3.63, 3.8) is 0 Å². The van der Waals surface area contributed by atoms with Gasteiger partial charge in [-0.15, -0.1) is 11.3 Å². The molecule has 3 nitrogen and oxygen atoms in total. The molecule has 2 aromatic heterocycles. The van der Waals surface area contributed by atoms with Gasteiger partial charge in [0.25, 0.3) is 0 Å². The molecule has 5 heteroatoms. The number of halogens is 1. The van der Waals surface area contributed by atoms with Crippen molar-refractivity contribution in [2.75, 3.05) is 5.32 Å². The van der Waals surface area contributed by atoms with Gasteiger partial charge in [0.1, 0.15) is 17.0 Å². The second kappa shape index (κ2) is 7.17. The second-order valence-electron chi connectivity index (χ2n) is 6.43. The Hall–Kier alpha value is -2.24. The molecule has 0 atom stereocenters. The number of fused-ring (bicyclic) bond motifs is 1. The van der Waals surface area contributed by atoms with Crippen LogP contribution in [0.4, 0.5) is 11.5 Å². The minimum atomic E-state index is 0.435. The van der Waals surface area contributed by atoms with Gasteiger partial charge >= 0.3 is 0 Å². The summed E-state index contributed by atoms with van der Waals surface area (Å²) >= 11 is 5.15. The van der Waals surface area contributed by atoms with Gasteiger partial charge in [0.05, 0.1) is 5.39 Å². The van der Waals surface area contributed by atoms with E-state index < -0.39 is 0 Å². The average molecular weight is 424 g/mol. The first kappa shape index (κ1) is 17.2. The predicted molar refractivity (Wildman–Crippen MR) is 114 cm³/mol. The van der Waals surface area contributed by atoms with Gasteiger partial charge in [0.15, 0.2) is 0 Å². The third-order valence-corrected chi connectivity index (χ3v) is 5.78. The lowest BCUT2D eigenvalue weighted by Crippen LogP contribution is -2.00. The smallest absolute Gasteiger partial charge is 0.143 e. The van der Waals surface area contributed by atoms with Crippen LogP contribution in [-0.4, -0.2) is 9.97 Å². The largest absolute Gasteiger partial charge is 0.339 e.